The number of hydrogen-bond donors (Lipinski definition) is 1. The second-order valence-electron chi connectivity index (χ2n) is 4.78. The molecule has 1 heterocycles. The molecule has 0 aliphatic heterocycles. The van der Waals surface area contributed by atoms with Crippen molar-refractivity contribution >= 4 is 66.2 Å². The Morgan fingerprint density at radius 2 is 1.86 bits per heavy atom. The highest BCUT2D eigenvalue weighted by molar-refractivity contribution is 9.10. The molecule has 108 valence electrons. The van der Waals surface area contributed by atoms with E-state index < -0.39 is 0 Å². The van der Waals surface area contributed by atoms with Crippen molar-refractivity contribution in [3.63, 3.8) is 0 Å². The van der Waals surface area contributed by atoms with E-state index in [1.807, 2.05) is 12.1 Å². The maximum atomic E-state index is 6.29. The average molecular weight is 401 g/mol. The molecule has 0 saturated heterocycles. The first-order chi connectivity index (χ1) is 10.1. The molecule has 2 aromatic carbocycles. The minimum absolute atomic E-state index is 0.164. The Morgan fingerprint density at radius 1 is 1.10 bits per heavy atom. The van der Waals surface area contributed by atoms with Crippen molar-refractivity contribution in [1.82, 2.24) is 0 Å². The Labute approximate surface area is 146 Å². The Hall–Kier alpha value is -0.740. The Balaban J connectivity index is 1.89. The zero-order valence-electron chi connectivity index (χ0n) is 11.2. The van der Waals surface area contributed by atoms with E-state index in [1.54, 1.807) is 11.3 Å². The van der Waals surface area contributed by atoms with Gasteiger partial charge in [0.1, 0.15) is 0 Å². The number of thiophene rings is 1. The number of nitrogens with one attached hydrogen (secondary N) is 1. The van der Waals surface area contributed by atoms with Gasteiger partial charge in [-0.1, -0.05) is 41.4 Å². The van der Waals surface area contributed by atoms with Crippen LogP contribution in [-0.2, 0) is 0 Å². The van der Waals surface area contributed by atoms with Crippen LogP contribution in [0.3, 0.4) is 0 Å². The van der Waals surface area contributed by atoms with Gasteiger partial charge in [0.2, 0.25) is 0 Å². The van der Waals surface area contributed by atoms with Gasteiger partial charge in [0, 0.05) is 14.0 Å². The first-order valence-corrected chi connectivity index (χ1v) is 8.81. The number of benzene rings is 2. The second kappa shape index (κ2) is 6.17. The van der Waals surface area contributed by atoms with Crippen molar-refractivity contribution < 1.29 is 0 Å². The van der Waals surface area contributed by atoms with Crippen LogP contribution in [0.5, 0.6) is 0 Å². The third-order valence-electron chi connectivity index (χ3n) is 3.28. The lowest BCUT2D eigenvalue weighted by Gasteiger charge is -2.16. The van der Waals surface area contributed by atoms with E-state index in [0.29, 0.717) is 10.0 Å². The molecule has 0 saturated carbocycles. The fourth-order valence-electron chi connectivity index (χ4n) is 2.16. The van der Waals surface area contributed by atoms with Gasteiger partial charge in [0.15, 0.2) is 0 Å². The van der Waals surface area contributed by atoms with Crippen LogP contribution in [-0.4, -0.2) is 0 Å². The average Bonchev–Trinajstić information content (AvgIpc) is 2.92. The van der Waals surface area contributed by atoms with Gasteiger partial charge in [-0.25, -0.2) is 0 Å². The van der Waals surface area contributed by atoms with Crippen LogP contribution in [0.2, 0.25) is 10.0 Å². The smallest absolute Gasteiger partial charge is 0.0835 e. The topological polar surface area (TPSA) is 12.0 Å². The van der Waals surface area contributed by atoms with Gasteiger partial charge in [-0.15, -0.1) is 11.3 Å². The molecule has 21 heavy (non-hydrogen) atoms. The monoisotopic (exact) mass is 399 g/mol. The highest BCUT2D eigenvalue weighted by Crippen LogP contribution is 2.38. The highest BCUT2D eigenvalue weighted by Gasteiger charge is 2.13. The van der Waals surface area contributed by atoms with E-state index in [2.05, 4.69) is 58.5 Å². The zero-order valence-corrected chi connectivity index (χ0v) is 15.1. The molecule has 1 N–H and O–H groups in total. The maximum Gasteiger partial charge on any atom is 0.0835 e. The summed E-state index contributed by atoms with van der Waals surface area (Å²) in [4.78, 5) is 1.27. The minimum Gasteiger partial charge on any atom is -0.376 e. The molecule has 0 spiro atoms. The second-order valence-corrected chi connectivity index (χ2v) is 7.50. The SMILES string of the molecule is CC(Nc1ccc(Br)c(Cl)c1Cl)c1cc2ccccc2s1. The summed E-state index contributed by atoms with van der Waals surface area (Å²) in [6.45, 7) is 2.12. The molecule has 0 fully saturated rings. The Morgan fingerprint density at radius 3 is 2.62 bits per heavy atom. The highest BCUT2D eigenvalue weighted by atomic mass is 79.9. The van der Waals surface area contributed by atoms with Crippen molar-refractivity contribution in [1.29, 1.82) is 0 Å². The van der Waals surface area contributed by atoms with Crippen molar-refractivity contribution in [3.8, 4) is 0 Å². The van der Waals surface area contributed by atoms with Gasteiger partial charge >= 0.3 is 0 Å². The van der Waals surface area contributed by atoms with Gasteiger partial charge in [-0.05, 0) is 52.5 Å². The predicted octanol–water partition coefficient (Wildman–Crippen LogP) is 7.14. The number of hydrogen-bond acceptors (Lipinski definition) is 2. The van der Waals surface area contributed by atoms with Crippen LogP contribution in [0.25, 0.3) is 10.1 Å². The molecule has 0 radical (unpaired) electrons. The molecular weight excluding hydrogens is 389 g/mol. The van der Waals surface area contributed by atoms with Crippen molar-refractivity contribution in [3.05, 3.63) is 61.9 Å². The Kier molecular flexibility index (Phi) is 4.46. The lowest BCUT2D eigenvalue weighted by molar-refractivity contribution is 0.909. The summed E-state index contributed by atoms with van der Waals surface area (Å²) in [5, 5.41) is 5.77. The Bertz CT molecular complexity index is 767. The molecule has 3 aromatic rings. The third-order valence-corrected chi connectivity index (χ3v) is 6.35. The molecule has 0 bridgehead atoms. The summed E-state index contributed by atoms with van der Waals surface area (Å²) < 4.78 is 2.09. The van der Waals surface area contributed by atoms with Gasteiger partial charge in [-0.2, -0.15) is 0 Å². The summed E-state index contributed by atoms with van der Waals surface area (Å²) in [6, 6.07) is 14.6. The van der Waals surface area contributed by atoms with Crippen molar-refractivity contribution in [2.75, 3.05) is 5.32 Å². The molecule has 5 heteroatoms. The van der Waals surface area contributed by atoms with E-state index in [4.69, 9.17) is 23.2 Å². The molecule has 1 nitrogen and oxygen atoms in total. The van der Waals surface area contributed by atoms with Crippen LogP contribution in [0.1, 0.15) is 17.8 Å². The molecule has 0 aliphatic carbocycles. The fraction of sp³-hybridized carbons (Fsp3) is 0.125. The summed E-state index contributed by atoms with van der Waals surface area (Å²) in [6.07, 6.45) is 0. The quantitative estimate of drug-likeness (QED) is 0.460. The van der Waals surface area contributed by atoms with Crippen LogP contribution < -0.4 is 5.32 Å². The standard InChI is InChI=1S/C16H12BrCl2NS/c1-9(14-8-10-4-2-3-5-13(10)21-14)20-12-7-6-11(17)15(18)16(12)19/h2-9,20H,1H3. The molecular formula is C16H12BrCl2NS. The van der Waals surface area contributed by atoms with E-state index in [0.717, 1.165) is 10.2 Å². The van der Waals surface area contributed by atoms with E-state index in [9.17, 15) is 0 Å². The third kappa shape index (κ3) is 3.07. The van der Waals surface area contributed by atoms with Crippen molar-refractivity contribution in [2.45, 2.75) is 13.0 Å². The van der Waals surface area contributed by atoms with E-state index in [1.165, 1.54) is 15.0 Å². The largest absolute Gasteiger partial charge is 0.376 e. The molecule has 1 aromatic heterocycles. The van der Waals surface area contributed by atoms with Crippen LogP contribution in [0, 0.1) is 0 Å². The number of anilines is 1. The summed E-state index contributed by atoms with van der Waals surface area (Å²) in [5.74, 6) is 0. The summed E-state index contributed by atoms with van der Waals surface area (Å²) in [7, 11) is 0. The number of rotatable bonds is 3. The molecule has 1 atom stereocenters. The van der Waals surface area contributed by atoms with Gasteiger partial charge in [0.05, 0.1) is 21.8 Å². The molecule has 3 rings (SSSR count). The normalized spacial score (nSPS) is 12.6. The van der Waals surface area contributed by atoms with Crippen molar-refractivity contribution in [2.24, 2.45) is 0 Å². The van der Waals surface area contributed by atoms with Crippen LogP contribution >= 0.6 is 50.5 Å². The first-order valence-electron chi connectivity index (χ1n) is 6.45. The molecule has 0 aliphatic rings. The van der Waals surface area contributed by atoms with E-state index >= 15 is 0 Å². The maximum absolute atomic E-state index is 6.29. The van der Waals surface area contributed by atoms with Crippen LogP contribution in [0.15, 0.2) is 46.9 Å². The zero-order chi connectivity index (χ0) is 15.0. The number of halogens is 3. The first kappa shape index (κ1) is 15.2. The fourth-order valence-corrected chi connectivity index (χ4v) is 4.05. The van der Waals surface area contributed by atoms with Crippen LogP contribution in [0.4, 0.5) is 5.69 Å². The van der Waals surface area contributed by atoms with Gasteiger partial charge < -0.3 is 5.32 Å². The molecule has 1 unspecified atom stereocenters. The molecule has 0 amide bonds. The predicted molar refractivity (Wildman–Crippen MR) is 98.0 cm³/mol. The van der Waals surface area contributed by atoms with E-state index in [-0.39, 0.29) is 6.04 Å². The lowest BCUT2D eigenvalue weighted by atomic mass is 10.2. The summed E-state index contributed by atoms with van der Waals surface area (Å²) in [5.41, 5.74) is 0.842. The summed E-state index contributed by atoms with van der Waals surface area (Å²) >= 11 is 17.6. The van der Waals surface area contributed by atoms with Gasteiger partial charge in [0.25, 0.3) is 0 Å². The minimum atomic E-state index is 0.164. The lowest BCUT2D eigenvalue weighted by Crippen LogP contribution is -2.05. The number of fused-ring (bicyclic) bond motifs is 1. The van der Waals surface area contributed by atoms with Gasteiger partial charge in [-0.3, -0.25) is 0 Å².